The zero-order chi connectivity index (χ0) is 17.2. The van der Waals surface area contributed by atoms with Gasteiger partial charge >= 0.3 is 0 Å². The van der Waals surface area contributed by atoms with Crippen molar-refractivity contribution in [3.8, 4) is 22.1 Å². The van der Waals surface area contributed by atoms with Gasteiger partial charge in [0.2, 0.25) is 0 Å². The maximum absolute atomic E-state index is 12.9. The molecule has 0 aliphatic rings. The van der Waals surface area contributed by atoms with Crippen molar-refractivity contribution in [1.29, 1.82) is 0 Å². The van der Waals surface area contributed by atoms with Gasteiger partial charge in [-0.15, -0.1) is 11.3 Å². The Hall–Kier alpha value is -2.88. The highest BCUT2D eigenvalue weighted by Gasteiger charge is 2.17. The third-order valence-electron chi connectivity index (χ3n) is 3.49. The zero-order valence-electron chi connectivity index (χ0n) is 12.9. The molecule has 4 rings (SSSR count). The molecule has 0 saturated heterocycles. The highest BCUT2D eigenvalue weighted by molar-refractivity contribution is 7.13. The first-order chi connectivity index (χ1) is 12.2. The van der Waals surface area contributed by atoms with Crippen LogP contribution in [0.3, 0.4) is 0 Å². The predicted octanol–water partition coefficient (Wildman–Crippen LogP) is 2.91. The molecule has 0 radical (unpaired) electrons. The number of alkyl halides is 2. The van der Waals surface area contributed by atoms with Gasteiger partial charge in [0.1, 0.15) is 13.1 Å². The molecule has 1 N–H and O–H groups in total. The average molecular weight is 361 g/mol. The van der Waals surface area contributed by atoms with Crippen LogP contribution in [0.25, 0.3) is 22.1 Å². The van der Waals surface area contributed by atoms with E-state index in [9.17, 15) is 8.78 Å². The molecule has 0 aliphatic carbocycles. The number of rotatable bonds is 6. The Kier molecular flexibility index (Phi) is 4.10. The van der Waals surface area contributed by atoms with Crippen LogP contribution in [0.5, 0.6) is 0 Å². The van der Waals surface area contributed by atoms with Crippen LogP contribution < -0.4 is 0 Å². The molecule has 128 valence electrons. The zero-order valence-corrected chi connectivity index (χ0v) is 13.7. The second-order valence-corrected chi connectivity index (χ2v) is 6.19. The normalized spacial score (nSPS) is 11.5. The third kappa shape index (κ3) is 3.33. The molecule has 0 aromatic carbocycles. The maximum Gasteiger partial charge on any atom is 0.258 e. The maximum atomic E-state index is 12.9. The van der Waals surface area contributed by atoms with Crippen molar-refractivity contribution in [3.05, 3.63) is 47.9 Å². The van der Waals surface area contributed by atoms with E-state index >= 15 is 0 Å². The number of thiophene rings is 1. The fourth-order valence-electron chi connectivity index (χ4n) is 2.47. The number of aromatic nitrogens is 7. The fourth-order valence-corrected chi connectivity index (χ4v) is 3.17. The number of hydrogen-bond donors (Lipinski definition) is 1. The summed E-state index contributed by atoms with van der Waals surface area (Å²) in [4.78, 5) is 10.1. The van der Waals surface area contributed by atoms with Gasteiger partial charge < -0.3 is 4.98 Å². The van der Waals surface area contributed by atoms with Gasteiger partial charge in [-0.2, -0.15) is 20.1 Å². The van der Waals surface area contributed by atoms with Crippen LogP contribution >= 0.6 is 11.3 Å². The molecule has 0 aliphatic heterocycles. The summed E-state index contributed by atoms with van der Waals surface area (Å²) >= 11 is 1.59. The van der Waals surface area contributed by atoms with Crippen LogP contribution in [0, 0.1) is 0 Å². The monoisotopic (exact) mass is 361 g/mol. The summed E-state index contributed by atoms with van der Waals surface area (Å²) in [6.07, 6.45) is 0.549. The lowest BCUT2D eigenvalue weighted by Crippen LogP contribution is -2.11. The highest BCUT2D eigenvalue weighted by atomic mass is 32.1. The van der Waals surface area contributed by atoms with E-state index in [0.29, 0.717) is 17.3 Å². The first-order valence-corrected chi connectivity index (χ1v) is 8.36. The van der Waals surface area contributed by atoms with Crippen molar-refractivity contribution in [3.63, 3.8) is 0 Å². The Labute approximate surface area is 145 Å². The molecular weight excluding hydrogens is 348 g/mol. The summed E-state index contributed by atoms with van der Waals surface area (Å²) in [5.74, 6) is 0.740. The van der Waals surface area contributed by atoms with Crippen molar-refractivity contribution in [2.24, 2.45) is 0 Å². The largest absolute Gasteiger partial charge is 0.351 e. The topological polar surface area (TPSA) is 77.2 Å². The van der Waals surface area contributed by atoms with Crippen LogP contribution in [-0.4, -0.2) is 41.2 Å². The number of nitrogens with one attached hydrogen (secondary N) is 1. The van der Waals surface area contributed by atoms with E-state index in [0.717, 1.165) is 10.6 Å². The predicted molar refractivity (Wildman–Crippen MR) is 88.2 cm³/mol. The Morgan fingerprint density at radius 3 is 2.64 bits per heavy atom. The van der Waals surface area contributed by atoms with Crippen LogP contribution in [0.2, 0.25) is 0 Å². The molecule has 0 bridgehead atoms. The second-order valence-electron chi connectivity index (χ2n) is 5.25. The lowest BCUT2D eigenvalue weighted by molar-refractivity contribution is 0.122. The summed E-state index contributed by atoms with van der Waals surface area (Å²) < 4.78 is 27.0. The van der Waals surface area contributed by atoms with Gasteiger partial charge in [0, 0.05) is 0 Å². The van der Waals surface area contributed by atoms with Crippen molar-refractivity contribution in [2.45, 2.75) is 19.5 Å². The second kappa shape index (κ2) is 6.55. The van der Waals surface area contributed by atoms with E-state index in [-0.39, 0.29) is 6.54 Å². The van der Waals surface area contributed by atoms with Crippen molar-refractivity contribution in [1.82, 2.24) is 34.7 Å². The molecule has 0 atom stereocenters. The molecule has 0 spiro atoms. The third-order valence-corrected chi connectivity index (χ3v) is 4.39. The van der Waals surface area contributed by atoms with Crippen molar-refractivity contribution < 1.29 is 8.78 Å². The van der Waals surface area contributed by atoms with Gasteiger partial charge in [0.15, 0.2) is 11.6 Å². The minimum atomic E-state index is -2.53. The Balaban J connectivity index is 1.68. The first-order valence-electron chi connectivity index (χ1n) is 7.48. The van der Waals surface area contributed by atoms with Gasteiger partial charge in [-0.3, -0.25) is 0 Å². The van der Waals surface area contributed by atoms with Gasteiger partial charge in [0.05, 0.1) is 28.7 Å². The minimum Gasteiger partial charge on any atom is -0.351 e. The van der Waals surface area contributed by atoms with Crippen LogP contribution in [0.4, 0.5) is 8.78 Å². The molecule has 0 amide bonds. The number of nitrogens with zero attached hydrogens (tertiary/aromatic N) is 6. The van der Waals surface area contributed by atoms with Gasteiger partial charge in [0.25, 0.3) is 6.43 Å². The van der Waals surface area contributed by atoms with Gasteiger partial charge in [-0.25, -0.2) is 18.4 Å². The fraction of sp³-hybridized carbons (Fsp3) is 0.200. The standard InChI is InChI=1S/C15H13F2N7S/c16-13(17)8-23-15(21-14(22-23)9-24-18-5-6-19-24)11-4-3-10(20-11)12-2-1-7-25-12/h1-7,13,20H,8-9H2. The summed E-state index contributed by atoms with van der Waals surface area (Å²) in [6, 6.07) is 7.66. The van der Waals surface area contributed by atoms with E-state index in [1.165, 1.54) is 21.9 Å². The van der Waals surface area contributed by atoms with E-state index in [2.05, 4.69) is 25.3 Å². The molecule has 4 heterocycles. The van der Waals surface area contributed by atoms with E-state index in [1.54, 1.807) is 11.3 Å². The lowest BCUT2D eigenvalue weighted by Gasteiger charge is -2.03. The highest BCUT2D eigenvalue weighted by Crippen LogP contribution is 2.27. The van der Waals surface area contributed by atoms with Crippen molar-refractivity contribution in [2.75, 3.05) is 0 Å². The molecule has 4 aromatic rings. The summed E-state index contributed by atoms with van der Waals surface area (Å²) in [5, 5.41) is 14.1. The lowest BCUT2D eigenvalue weighted by atomic mass is 10.3. The summed E-state index contributed by atoms with van der Waals surface area (Å²) in [7, 11) is 0. The average Bonchev–Trinajstić information content (AvgIpc) is 3.35. The summed E-state index contributed by atoms with van der Waals surface area (Å²) in [5.41, 5.74) is 1.54. The van der Waals surface area contributed by atoms with E-state index < -0.39 is 13.0 Å². The smallest absolute Gasteiger partial charge is 0.258 e. The molecular formula is C15H13F2N7S. The quantitative estimate of drug-likeness (QED) is 0.573. The van der Waals surface area contributed by atoms with E-state index in [1.807, 2.05) is 29.6 Å². The molecule has 7 nitrogen and oxygen atoms in total. The molecule has 25 heavy (non-hydrogen) atoms. The Morgan fingerprint density at radius 1 is 1.12 bits per heavy atom. The first kappa shape index (κ1) is 15.6. The molecule has 10 heteroatoms. The Bertz CT molecular complexity index is 941. The molecule has 0 unspecified atom stereocenters. The van der Waals surface area contributed by atoms with Crippen LogP contribution in [0.15, 0.2) is 42.0 Å². The van der Waals surface area contributed by atoms with Gasteiger partial charge in [-0.1, -0.05) is 6.07 Å². The minimum absolute atomic E-state index is 0.217. The summed E-state index contributed by atoms with van der Waals surface area (Å²) in [6.45, 7) is -0.309. The van der Waals surface area contributed by atoms with Crippen LogP contribution in [0.1, 0.15) is 5.82 Å². The number of hydrogen-bond acceptors (Lipinski definition) is 5. The molecule has 4 aromatic heterocycles. The Morgan fingerprint density at radius 2 is 1.92 bits per heavy atom. The van der Waals surface area contributed by atoms with Crippen LogP contribution in [-0.2, 0) is 13.1 Å². The van der Waals surface area contributed by atoms with Gasteiger partial charge in [-0.05, 0) is 23.6 Å². The molecule has 0 fully saturated rings. The molecule has 0 saturated carbocycles. The number of H-pyrrole nitrogens is 1. The van der Waals surface area contributed by atoms with Crippen molar-refractivity contribution >= 4 is 11.3 Å². The number of aromatic amines is 1. The van der Waals surface area contributed by atoms with E-state index in [4.69, 9.17) is 0 Å². The number of halogens is 2. The SMILES string of the molecule is FC(F)Cn1nc(Cn2nccn2)nc1-c1ccc(-c2cccs2)[nH]1.